The molecule has 1 heterocycles. The van der Waals surface area contributed by atoms with E-state index in [-0.39, 0.29) is 6.10 Å². The quantitative estimate of drug-likeness (QED) is 0.636. The van der Waals surface area contributed by atoms with E-state index in [1.54, 1.807) is 11.3 Å². The lowest BCUT2D eigenvalue weighted by atomic mass is 10.3. The molecule has 1 rings (SSSR count). The summed E-state index contributed by atoms with van der Waals surface area (Å²) in [4.78, 5) is 5.35. The number of aliphatic hydroxyl groups is 1. The predicted molar refractivity (Wildman–Crippen MR) is 76.5 cm³/mol. The van der Waals surface area contributed by atoms with Crippen LogP contribution in [-0.2, 0) is 16.0 Å². The number of nitrogens with one attached hydrogen (secondary N) is 1. The molecule has 0 aliphatic rings. The molecule has 0 amide bonds. The van der Waals surface area contributed by atoms with Crippen molar-refractivity contribution in [1.29, 1.82) is 0 Å². The Labute approximate surface area is 119 Å². The molecule has 0 radical (unpaired) electrons. The third-order valence-corrected chi connectivity index (χ3v) is 3.25. The molecule has 0 saturated carbocycles. The molecule has 6 heteroatoms. The highest BCUT2D eigenvalue weighted by Gasteiger charge is 2.05. The van der Waals surface area contributed by atoms with E-state index >= 15 is 0 Å². The monoisotopic (exact) mass is 288 g/mol. The van der Waals surface area contributed by atoms with Crippen molar-refractivity contribution in [2.24, 2.45) is 0 Å². The van der Waals surface area contributed by atoms with Gasteiger partial charge in [-0.3, -0.25) is 0 Å². The molecule has 2 N–H and O–H groups in total. The average Bonchev–Trinajstić information content (AvgIpc) is 2.74. The van der Waals surface area contributed by atoms with Crippen molar-refractivity contribution in [2.75, 3.05) is 26.4 Å². The fourth-order valence-corrected chi connectivity index (χ4v) is 2.23. The lowest BCUT2D eigenvalue weighted by Gasteiger charge is -2.12. The van der Waals surface area contributed by atoms with Crippen LogP contribution in [0.15, 0.2) is 6.20 Å². The predicted octanol–water partition coefficient (Wildman–Crippen LogP) is 1.34. The van der Waals surface area contributed by atoms with Gasteiger partial charge in [0.25, 0.3) is 0 Å². The summed E-state index contributed by atoms with van der Waals surface area (Å²) in [6, 6.07) is 0. The number of hydrogen-bond donors (Lipinski definition) is 2. The summed E-state index contributed by atoms with van der Waals surface area (Å²) >= 11 is 1.66. The molecule has 0 fully saturated rings. The SMILES string of the molecule is Cc1ncc(CNCC(O)COCCOC(C)C)s1. The first kappa shape index (κ1) is 16.5. The van der Waals surface area contributed by atoms with Crippen LogP contribution in [0.1, 0.15) is 23.7 Å². The molecule has 1 unspecified atom stereocenters. The van der Waals surface area contributed by atoms with Crippen LogP contribution in [0.25, 0.3) is 0 Å². The molecule has 0 aliphatic heterocycles. The third kappa shape index (κ3) is 8.28. The van der Waals surface area contributed by atoms with Crippen LogP contribution in [0.4, 0.5) is 0 Å². The molecule has 0 aliphatic carbocycles. The maximum Gasteiger partial charge on any atom is 0.0897 e. The van der Waals surface area contributed by atoms with E-state index in [1.807, 2.05) is 27.0 Å². The minimum atomic E-state index is -0.493. The summed E-state index contributed by atoms with van der Waals surface area (Å²) < 4.78 is 10.7. The summed E-state index contributed by atoms with van der Waals surface area (Å²) in [7, 11) is 0. The van der Waals surface area contributed by atoms with E-state index in [0.717, 1.165) is 11.6 Å². The second kappa shape index (κ2) is 9.39. The second-order valence-corrected chi connectivity index (χ2v) is 5.94. The molecule has 19 heavy (non-hydrogen) atoms. The first-order chi connectivity index (χ1) is 9.08. The van der Waals surface area contributed by atoms with Crippen molar-refractivity contribution in [3.8, 4) is 0 Å². The van der Waals surface area contributed by atoms with Crippen molar-refractivity contribution in [3.63, 3.8) is 0 Å². The van der Waals surface area contributed by atoms with Crippen LogP contribution in [0.2, 0.25) is 0 Å². The highest BCUT2D eigenvalue weighted by molar-refractivity contribution is 7.11. The number of nitrogens with zero attached hydrogens (tertiary/aromatic N) is 1. The molecule has 1 aromatic rings. The third-order valence-electron chi connectivity index (χ3n) is 2.34. The minimum Gasteiger partial charge on any atom is -0.389 e. The molecule has 110 valence electrons. The van der Waals surface area contributed by atoms with Gasteiger partial charge in [0.15, 0.2) is 0 Å². The van der Waals surface area contributed by atoms with Crippen LogP contribution in [0.3, 0.4) is 0 Å². The number of aliphatic hydroxyl groups excluding tert-OH is 1. The van der Waals surface area contributed by atoms with Gasteiger partial charge in [-0.05, 0) is 20.8 Å². The van der Waals surface area contributed by atoms with Crippen molar-refractivity contribution >= 4 is 11.3 Å². The van der Waals surface area contributed by atoms with Gasteiger partial charge in [0.1, 0.15) is 0 Å². The van der Waals surface area contributed by atoms with Crippen LogP contribution >= 0.6 is 11.3 Å². The fraction of sp³-hybridized carbons (Fsp3) is 0.769. The summed E-state index contributed by atoms with van der Waals surface area (Å²) in [5.41, 5.74) is 0. The van der Waals surface area contributed by atoms with Gasteiger partial charge in [0.05, 0.1) is 37.0 Å². The summed E-state index contributed by atoms with van der Waals surface area (Å²) in [5.74, 6) is 0. The van der Waals surface area contributed by atoms with Gasteiger partial charge in [0, 0.05) is 24.2 Å². The zero-order valence-corrected chi connectivity index (χ0v) is 12.7. The van der Waals surface area contributed by atoms with E-state index in [1.165, 1.54) is 4.88 Å². The minimum absolute atomic E-state index is 0.220. The summed E-state index contributed by atoms with van der Waals surface area (Å²) in [6.45, 7) is 8.62. The molecule has 0 bridgehead atoms. The Morgan fingerprint density at radius 1 is 1.42 bits per heavy atom. The number of thiazole rings is 1. The molecular formula is C13H24N2O3S. The zero-order valence-electron chi connectivity index (χ0n) is 11.9. The lowest BCUT2D eigenvalue weighted by molar-refractivity contribution is -0.00999. The Balaban J connectivity index is 1.97. The molecule has 5 nitrogen and oxygen atoms in total. The van der Waals surface area contributed by atoms with Crippen LogP contribution in [0, 0.1) is 6.92 Å². The first-order valence-corrected chi connectivity index (χ1v) is 7.39. The Bertz CT molecular complexity index is 344. The number of rotatable bonds is 10. The van der Waals surface area contributed by atoms with E-state index in [2.05, 4.69) is 10.3 Å². The largest absolute Gasteiger partial charge is 0.389 e. The van der Waals surface area contributed by atoms with Crippen LogP contribution in [-0.4, -0.2) is 48.7 Å². The molecule has 1 aromatic heterocycles. The average molecular weight is 288 g/mol. The van der Waals surface area contributed by atoms with Gasteiger partial charge in [-0.1, -0.05) is 0 Å². The van der Waals surface area contributed by atoms with Crippen molar-refractivity contribution in [2.45, 2.75) is 39.5 Å². The van der Waals surface area contributed by atoms with Gasteiger partial charge in [-0.25, -0.2) is 4.98 Å². The Kier molecular flexibility index (Phi) is 8.16. The number of aromatic nitrogens is 1. The number of ether oxygens (including phenoxy) is 2. The Morgan fingerprint density at radius 2 is 2.21 bits per heavy atom. The highest BCUT2D eigenvalue weighted by Crippen LogP contribution is 2.10. The summed E-state index contributed by atoms with van der Waals surface area (Å²) in [6.07, 6.45) is 1.59. The lowest BCUT2D eigenvalue weighted by Crippen LogP contribution is -2.30. The van der Waals surface area contributed by atoms with Crippen molar-refractivity contribution in [1.82, 2.24) is 10.3 Å². The molecular weight excluding hydrogens is 264 g/mol. The van der Waals surface area contributed by atoms with Crippen molar-refractivity contribution < 1.29 is 14.6 Å². The van der Waals surface area contributed by atoms with E-state index in [4.69, 9.17) is 9.47 Å². The maximum absolute atomic E-state index is 9.70. The second-order valence-electron chi connectivity index (χ2n) is 4.62. The van der Waals surface area contributed by atoms with Gasteiger partial charge in [-0.2, -0.15) is 0 Å². The standard InChI is InChI=1S/C13H24N2O3S/c1-10(2)18-5-4-17-9-12(16)6-14-7-13-8-15-11(3)19-13/h8,10,12,14,16H,4-7,9H2,1-3H3. The van der Waals surface area contributed by atoms with E-state index in [9.17, 15) is 5.11 Å². The molecule has 1 atom stereocenters. The Hall–Kier alpha value is -0.530. The highest BCUT2D eigenvalue weighted by atomic mass is 32.1. The first-order valence-electron chi connectivity index (χ1n) is 6.57. The fourth-order valence-electron chi connectivity index (χ4n) is 1.47. The smallest absolute Gasteiger partial charge is 0.0897 e. The summed E-state index contributed by atoms with van der Waals surface area (Å²) in [5, 5.41) is 13.9. The maximum atomic E-state index is 9.70. The number of aryl methyl sites for hydroxylation is 1. The molecule has 0 saturated heterocycles. The number of hydrogen-bond acceptors (Lipinski definition) is 6. The topological polar surface area (TPSA) is 63.6 Å². The van der Waals surface area contributed by atoms with Crippen molar-refractivity contribution in [3.05, 3.63) is 16.1 Å². The van der Waals surface area contributed by atoms with Gasteiger partial charge >= 0.3 is 0 Å². The molecule has 0 spiro atoms. The normalized spacial score (nSPS) is 13.1. The molecule has 0 aromatic carbocycles. The van der Waals surface area contributed by atoms with E-state index < -0.39 is 6.10 Å². The van der Waals surface area contributed by atoms with Gasteiger partial charge in [-0.15, -0.1) is 11.3 Å². The van der Waals surface area contributed by atoms with Gasteiger partial charge in [0.2, 0.25) is 0 Å². The Morgan fingerprint density at radius 3 is 2.84 bits per heavy atom. The van der Waals surface area contributed by atoms with Crippen LogP contribution < -0.4 is 5.32 Å². The zero-order chi connectivity index (χ0) is 14.1. The van der Waals surface area contributed by atoms with E-state index in [0.29, 0.717) is 26.4 Å². The van der Waals surface area contributed by atoms with Gasteiger partial charge < -0.3 is 19.9 Å². The van der Waals surface area contributed by atoms with Crippen LogP contribution in [0.5, 0.6) is 0 Å².